The minimum Gasteiger partial charge on any atom is -0.339 e. The lowest BCUT2D eigenvalue weighted by Gasteiger charge is -2.25. The minimum atomic E-state index is -0.624. The van der Waals surface area contributed by atoms with Crippen LogP contribution < -0.4 is 10.2 Å². The molecule has 2 heterocycles. The van der Waals surface area contributed by atoms with E-state index in [1.165, 1.54) is 21.1 Å². The Morgan fingerprint density at radius 1 is 1.46 bits per heavy atom. The number of nitrogens with one attached hydrogen (secondary N) is 1. The molecule has 9 heteroatoms. The maximum absolute atomic E-state index is 13.9. The first-order valence-corrected chi connectivity index (χ1v) is 8.95. The number of rotatable bonds is 5. The number of anilines is 1. The number of thiazole rings is 1. The van der Waals surface area contributed by atoms with Crippen LogP contribution in [0.5, 0.6) is 0 Å². The predicted octanol–water partition coefficient (Wildman–Crippen LogP) is 2.71. The molecule has 1 aliphatic heterocycles. The average Bonchev–Trinajstić information content (AvgIpc) is 3.24. The third kappa shape index (κ3) is 3.67. The Labute approximate surface area is 153 Å². The van der Waals surface area contributed by atoms with Crippen LogP contribution in [0.1, 0.15) is 24.2 Å². The summed E-state index contributed by atoms with van der Waals surface area (Å²) in [6, 6.07) is 2.35. The van der Waals surface area contributed by atoms with Crippen LogP contribution in [0.15, 0.2) is 23.6 Å². The number of nitrogens with zero attached hydrogens (tertiary/aromatic N) is 3. The number of likely N-dealkylation sites (N-methyl/N-ethyl adjacent to an activating group) is 1. The fourth-order valence-corrected chi connectivity index (χ4v) is 3.54. The molecule has 0 aliphatic carbocycles. The van der Waals surface area contributed by atoms with E-state index in [0.29, 0.717) is 23.9 Å². The quantitative estimate of drug-likeness (QED) is 0.867. The molecule has 1 saturated heterocycles. The van der Waals surface area contributed by atoms with Gasteiger partial charge in [0.05, 0.1) is 18.2 Å². The molecule has 0 bridgehead atoms. The summed E-state index contributed by atoms with van der Waals surface area (Å²) < 4.78 is 27.3. The largest absolute Gasteiger partial charge is 0.339 e. The van der Waals surface area contributed by atoms with Crippen LogP contribution in [-0.2, 0) is 11.2 Å². The Bertz CT molecular complexity index is 842. The van der Waals surface area contributed by atoms with E-state index in [9.17, 15) is 18.4 Å². The van der Waals surface area contributed by atoms with E-state index >= 15 is 0 Å². The van der Waals surface area contributed by atoms with Crippen LogP contribution >= 0.6 is 11.3 Å². The molecule has 1 N–H and O–H groups in total. The van der Waals surface area contributed by atoms with Crippen molar-refractivity contribution in [1.82, 2.24) is 15.2 Å². The maximum atomic E-state index is 13.9. The average molecular weight is 380 g/mol. The van der Waals surface area contributed by atoms with Crippen molar-refractivity contribution < 1.29 is 18.4 Å². The van der Waals surface area contributed by atoms with E-state index < -0.39 is 17.7 Å². The summed E-state index contributed by atoms with van der Waals surface area (Å²) in [4.78, 5) is 31.4. The first-order chi connectivity index (χ1) is 12.4. The minimum absolute atomic E-state index is 0.0176. The molecular weight excluding hydrogens is 362 g/mol. The zero-order chi connectivity index (χ0) is 18.8. The Balaban J connectivity index is 1.68. The van der Waals surface area contributed by atoms with Gasteiger partial charge in [0.1, 0.15) is 11.6 Å². The van der Waals surface area contributed by atoms with Gasteiger partial charge in [-0.1, -0.05) is 0 Å². The van der Waals surface area contributed by atoms with E-state index in [2.05, 4.69) is 10.3 Å². The molecule has 1 aliphatic rings. The molecule has 3 rings (SSSR count). The van der Waals surface area contributed by atoms with Gasteiger partial charge < -0.3 is 10.2 Å². The summed E-state index contributed by atoms with van der Waals surface area (Å²) >= 11 is 1.29. The summed E-state index contributed by atoms with van der Waals surface area (Å²) in [5, 5.41) is 4.95. The van der Waals surface area contributed by atoms with Crippen molar-refractivity contribution in [2.45, 2.75) is 19.4 Å². The van der Waals surface area contributed by atoms with Crippen LogP contribution in [0, 0.1) is 11.6 Å². The standard InChI is InChI=1S/C17H18F2N4O2S/c1-10(13-7-11(18)3-4-14(13)19)22(2)15(24)8-12-9-26-17(21-12)23-6-5-20-16(23)25/h3-4,7,9-10H,5-6,8H2,1-2H3,(H,20,25). The summed E-state index contributed by atoms with van der Waals surface area (Å²) in [5.74, 6) is -1.39. The molecule has 1 unspecified atom stereocenters. The van der Waals surface area contributed by atoms with Crippen LogP contribution in [-0.4, -0.2) is 42.0 Å². The van der Waals surface area contributed by atoms with E-state index in [-0.39, 0.29) is 23.9 Å². The normalized spacial score (nSPS) is 15.1. The maximum Gasteiger partial charge on any atom is 0.323 e. The second-order valence-electron chi connectivity index (χ2n) is 6.03. The number of hydrogen-bond acceptors (Lipinski definition) is 4. The summed E-state index contributed by atoms with van der Waals surface area (Å²) in [6.45, 7) is 2.73. The molecule has 0 spiro atoms. The zero-order valence-corrected chi connectivity index (χ0v) is 15.1. The molecule has 1 fully saturated rings. The highest BCUT2D eigenvalue weighted by Crippen LogP contribution is 2.25. The molecular formula is C17H18F2N4O2S. The Hall–Kier alpha value is -2.55. The van der Waals surface area contributed by atoms with Gasteiger partial charge in [0, 0.05) is 31.1 Å². The van der Waals surface area contributed by atoms with Gasteiger partial charge >= 0.3 is 6.03 Å². The highest BCUT2D eigenvalue weighted by Gasteiger charge is 2.25. The van der Waals surface area contributed by atoms with Crippen LogP contribution in [0.3, 0.4) is 0 Å². The number of aromatic nitrogens is 1. The van der Waals surface area contributed by atoms with Gasteiger partial charge in [0.15, 0.2) is 5.13 Å². The highest BCUT2D eigenvalue weighted by atomic mass is 32.1. The van der Waals surface area contributed by atoms with E-state index in [1.807, 2.05) is 0 Å². The number of hydrogen-bond donors (Lipinski definition) is 1. The molecule has 1 aromatic heterocycles. The number of carbonyl (C=O) groups excluding carboxylic acids is 2. The molecule has 3 amide bonds. The number of carbonyl (C=O) groups is 2. The van der Waals surface area contributed by atoms with Gasteiger partial charge in [-0.2, -0.15) is 0 Å². The van der Waals surface area contributed by atoms with Crippen molar-refractivity contribution in [1.29, 1.82) is 0 Å². The van der Waals surface area contributed by atoms with Gasteiger partial charge in [-0.25, -0.2) is 18.6 Å². The zero-order valence-electron chi connectivity index (χ0n) is 14.3. The fraction of sp³-hybridized carbons (Fsp3) is 0.353. The predicted molar refractivity (Wildman–Crippen MR) is 94.1 cm³/mol. The van der Waals surface area contributed by atoms with E-state index in [0.717, 1.165) is 18.2 Å². The van der Waals surface area contributed by atoms with Crippen LogP contribution in [0.2, 0.25) is 0 Å². The van der Waals surface area contributed by atoms with Gasteiger partial charge in [-0.3, -0.25) is 9.69 Å². The van der Waals surface area contributed by atoms with Gasteiger partial charge in [0.25, 0.3) is 0 Å². The number of urea groups is 1. The highest BCUT2D eigenvalue weighted by molar-refractivity contribution is 7.14. The van der Waals surface area contributed by atoms with Crippen LogP contribution in [0.4, 0.5) is 18.7 Å². The third-order valence-electron chi connectivity index (χ3n) is 4.34. The van der Waals surface area contributed by atoms with E-state index in [4.69, 9.17) is 0 Å². The van der Waals surface area contributed by atoms with Crippen molar-refractivity contribution in [2.24, 2.45) is 0 Å². The third-order valence-corrected chi connectivity index (χ3v) is 5.25. The molecule has 26 heavy (non-hydrogen) atoms. The molecule has 0 saturated carbocycles. The number of benzene rings is 1. The second kappa shape index (κ2) is 7.36. The SMILES string of the molecule is CC(c1cc(F)ccc1F)N(C)C(=O)Cc1csc(N2CCNC2=O)n1. The van der Waals surface area contributed by atoms with Crippen molar-refractivity contribution in [3.63, 3.8) is 0 Å². The fourth-order valence-electron chi connectivity index (χ4n) is 2.69. The molecule has 6 nitrogen and oxygen atoms in total. The molecule has 0 radical (unpaired) electrons. The van der Waals surface area contributed by atoms with Gasteiger partial charge in [-0.05, 0) is 25.1 Å². The van der Waals surface area contributed by atoms with Crippen molar-refractivity contribution in [2.75, 3.05) is 25.0 Å². The van der Waals surface area contributed by atoms with Gasteiger partial charge in [0.2, 0.25) is 5.91 Å². The smallest absolute Gasteiger partial charge is 0.323 e. The molecule has 1 aromatic carbocycles. The molecule has 2 aromatic rings. The summed E-state index contributed by atoms with van der Waals surface area (Å²) in [6.07, 6.45) is 0.0176. The molecule has 1 atom stereocenters. The summed E-state index contributed by atoms with van der Waals surface area (Å²) in [5.41, 5.74) is 0.655. The lowest BCUT2D eigenvalue weighted by molar-refractivity contribution is -0.131. The topological polar surface area (TPSA) is 65.5 Å². The Morgan fingerprint density at radius 3 is 2.92 bits per heavy atom. The Morgan fingerprint density at radius 2 is 2.23 bits per heavy atom. The van der Waals surface area contributed by atoms with Crippen molar-refractivity contribution in [3.8, 4) is 0 Å². The van der Waals surface area contributed by atoms with Crippen LogP contribution in [0.25, 0.3) is 0 Å². The van der Waals surface area contributed by atoms with Crippen molar-refractivity contribution in [3.05, 3.63) is 46.5 Å². The Kier molecular flexibility index (Phi) is 5.17. The lowest BCUT2D eigenvalue weighted by Crippen LogP contribution is -2.31. The molecule has 138 valence electrons. The van der Waals surface area contributed by atoms with E-state index in [1.54, 1.807) is 19.4 Å². The first kappa shape index (κ1) is 18.2. The lowest BCUT2D eigenvalue weighted by atomic mass is 10.1. The van der Waals surface area contributed by atoms with Gasteiger partial charge in [-0.15, -0.1) is 11.3 Å². The second-order valence-corrected chi connectivity index (χ2v) is 6.86. The monoisotopic (exact) mass is 380 g/mol. The first-order valence-electron chi connectivity index (χ1n) is 8.07. The number of halogens is 2. The summed E-state index contributed by atoms with van der Waals surface area (Å²) in [7, 11) is 1.54. The van der Waals surface area contributed by atoms with Crippen molar-refractivity contribution >= 4 is 28.4 Å². The number of amides is 3.